The van der Waals surface area contributed by atoms with Crippen LogP contribution in [-0.2, 0) is 4.74 Å². The maximum absolute atomic E-state index is 12.3. The van der Waals surface area contributed by atoms with Crippen molar-refractivity contribution in [1.29, 1.82) is 5.41 Å². The van der Waals surface area contributed by atoms with Gasteiger partial charge in [-0.1, -0.05) is 18.7 Å². The van der Waals surface area contributed by atoms with Crippen LogP contribution in [-0.4, -0.2) is 49.8 Å². The van der Waals surface area contributed by atoms with Gasteiger partial charge in [-0.2, -0.15) is 8.78 Å². The van der Waals surface area contributed by atoms with Gasteiger partial charge >= 0.3 is 6.55 Å². The Kier molecular flexibility index (Phi) is 8.89. The molecule has 0 atom stereocenters. The molecule has 0 radical (unpaired) electrons. The average molecular weight is 416 g/mol. The molecule has 0 spiro atoms. The minimum Gasteiger partial charge on any atom is -0.404 e. The molecular formula is C21H26F2N6O. The van der Waals surface area contributed by atoms with Gasteiger partial charge in [0.1, 0.15) is 5.82 Å². The Balaban J connectivity index is 2.31. The molecule has 9 heteroatoms. The summed E-state index contributed by atoms with van der Waals surface area (Å²) in [7, 11) is 0. The van der Waals surface area contributed by atoms with Gasteiger partial charge in [0.25, 0.3) is 0 Å². The van der Waals surface area contributed by atoms with E-state index in [9.17, 15) is 8.78 Å². The minimum atomic E-state index is -2.82. The Hall–Kier alpha value is -3.33. The highest BCUT2D eigenvalue weighted by Crippen LogP contribution is 2.20. The van der Waals surface area contributed by atoms with Crippen LogP contribution in [0.1, 0.15) is 12.0 Å². The predicted octanol–water partition coefficient (Wildman–Crippen LogP) is 2.77. The van der Waals surface area contributed by atoms with Gasteiger partial charge in [0.05, 0.1) is 18.9 Å². The summed E-state index contributed by atoms with van der Waals surface area (Å²) < 4.78 is 30.0. The fraction of sp³-hybridized carbons (Fsp3) is 0.286. The van der Waals surface area contributed by atoms with Gasteiger partial charge in [-0.3, -0.25) is 5.41 Å². The molecule has 1 aliphatic heterocycles. The first kappa shape index (κ1) is 23.0. The molecule has 5 N–H and O–H groups in total. The molecular weight excluding hydrogens is 390 g/mol. The lowest BCUT2D eigenvalue weighted by Crippen LogP contribution is -2.36. The van der Waals surface area contributed by atoms with E-state index in [1.54, 1.807) is 24.4 Å². The molecule has 30 heavy (non-hydrogen) atoms. The highest BCUT2D eigenvalue weighted by molar-refractivity contribution is 6.13. The van der Waals surface area contributed by atoms with Gasteiger partial charge in [0.2, 0.25) is 0 Å². The fourth-order valence-corrected chi connectivity index (χ4v) is 2.81. The van der Waals surface area contributed by atoms with Gasteiger partial charge in [-0.15, -0.1) is 0 Å². The highest BCUT2D eigenvalue weighted by Gasteiger charge is 2.16. The van der Waals surface area contributed by atoms with E-state index in [1.165, 1.54) is 12.3 Å². The third-order valence-electron chi connectivity index (χ3n) is 4.36. The normalized spacial score (nSPS) is 16.4. The second-order valence-corrected chi connectivity index (χ2v) is 6.35. The van der Waals surface area contributed by atoms with Crippen molar-refractivity contribution in [2.45, 2.75) is 13.0 Å². The van der Waals surface area contributed by atoms with Crippen molar-refractivity contribution < 1.29 is 13.5 Å². The van der Waals surface area contributed by atoms with E-state index >= 15 is 0 Å². The first-order chi connectivity index (χ1) is 14.5. The zero-order valence-electron chi connectivity index (χ0n) is 16.6. The quantitative estimate of drug-likeness (QED) is 0.325. The lowest BCUT2D eigenvalue weighted by atomic mass is 9.98. The van der Waals surface area contributed by atoms with Crippen molar-refractivity contribution >= 4 is 17.7 Å². The first-order valence-electron chi connectivity index (χ1n) is 9.35. The molecule has 2 rings (SSSR count). The maximum atomic E-state index is 12.3. The number of halogens is 2. The van der Waals surface area contributed by atoms with Gasteiger partial charge in [-0.05, 0) is 36.4 Å². The Morgan fingerprint density at radius 2 is 2.13 bits per heavy atom. The molecule has 1 aromatic rings. The first-order valence-corrected chi connectivity index (χ1v) is 9.35. The third-order valence-corrected chi connectivity index (χ3v) is 4.36. The van der Waals surface area contributed by atoms with Crippen molar-refractivity contribution in [1.82, 2.24) is 4.98 Å². The number of morpholine rings is 1. The van der Waals surface area contributed by atoms with Gasteiger partial charge in [0, 0.05) is 42.3 Å². The summed E-state index contributed by atoms with van der Waals surface area (Å²) in [4.78, 5) is 9.52. The Morgan fingerprint density at radius 1 is 1.40 bits per heavy atom. The molecule has 0 bridgehead atoms. The van der Waals surface area contributed by atoms with E-state index in [0.29, 0.717) is 35.6 Å². The number of anilines is 1. The largest absolute Gasteiger partial charge is 0.404 e. The molecule has 1 saturated heterocycles. The third kappa shape index (κ3) is 6.63. The van der Waals surface area contributed by atoms with E-state index in [-0.39, 0.29) is 12.1 Å². The molecule has 0 aliphatic carbocycles. The zero-order chi connectivity index (χ0) is 21.9. The number of pyridine rings is 1. The molecule has 1 aliphatic rings. The number of alkyl halides is 2. The monoisotopic (exact) mass is 416 g/mol. The topological polar surface area (TPSA) is 114 Å². The van der Waals surface area contributed by atoms with Crippen molar-refractivity contribution in [3.05, 3.63) is 71.7 Å². The molecule has 1 fully saturated rings. The number of rotatable bonds is 9. The number of nitrogens with one attached hydrogen (secondary N) is 1. The van der Waals surface area contributed by atoms with Crippen molar-refractivity contribution in [2.24, 2.45) is 16.5 Å². The lowest BCUT2D eigenvalue weighted by molar-refractivity contribution is 0.122. The summed E-state index contributed by atoms with van der Waals surface area (Å²) in [5.74, 6) is 0.748. The summed E-state index contributed by atoms with van der Waals surface area (Å²) in [6.45, 7) is 3.50. The van der Waals surface area contributed by atoms with Gasteiger partial charge in [-0.25, -0.2) is 9.98 Å². The maximum Gasteiger partial charge on any atom is 0.331 e. The summed E-state index contributed by atoms with van der Waals surface area (Å²) in [6.07, 6.45) is 8.77. The van der Waals surface area contributed by atoms with Crippen LogP contribution in [0.4, 0.5) is 14.6 Å². The number of aromatic nitrogens is 1. The van der Waals surface area contributed by atoms with E-state index in [1.807, 2.05) is 6.07 Å². The smallest absolute Gasteiger partial charge is 0.331 e. The van der Waals surface area contributed by atoms with Crippen LogP contribution < -0.4 is 16.4 Å². The van der Waals surface area contributed by atoms with Crippen LogP contribution in [0.15, 0.2) is 71.2 Å². The van der Waals surface area contributed by atoms with Gasteiger partial charge in [0.15, 0.2) is 0 Å². The van der Waals surface area contributed by atoms with Crippen LogP contribution in [0, 0.1) is 5.41 Å². The highest BCUT2D eigenvalue weighted by atomic mass is 19.3. The van der Waals surface area contributed by atoms with E-state index < -0.39 is 6.55 Å². The van der Waals surface area contributed by atoms with E-state index in [2.05, 4.69) is 21.5 Å². The van der Waals surface area contributed by atoms with Crippen molar-refractivity contribution in [3.63, 3.8) is 0 Å². The summed E-state index contributed by atoms with van der Waals surface area (Å²) in [5, 5.41) is 8.68. The van der Waals surface area contributed by atoms with Crippen molar-refractivity contribution in [2.75, 3.05) is 31.2 Å². The van der Waals surface area contributed by atoms with Crippen LogP contribution in [0.2, 0.25) is 0 Å². The number of hydrogen-bond donors (Lipinski definition) is 3. The second kappa shape index (κ2) is 11.6. The summed E-state index contributed by atoms with van der Waals surface area (Å²) in [6, 6.07) is 3.54. The van der Waals surface area contributed by atoms with Crippen LogP contribution >= 0.6 is 0 Å². The Labute approximate surface area is 174 Å². The SMILES string of the molecule is C=C/C=C(N)\C(=C/CC(C=NC(F)F)=CN)C(=N)c1ccnc(N2CCOCC2)c1. The number of ether oxygens (including phenoxy) is 1. The number of nitrogens with two attached hydrogens (primary N) is 2. The molecule has 160 valence electrons. The molecule has 7 nitrogen and oxygen atoms in total. The van der Waals surface area contributed by atoms with Gasteiger partial charge < -0.3 is 21.1 Å². The van der Waals surface area contributed by atoms with Crippen molar-refractivity contribution in [3.8, 4) is 0 Å². The Bertz CT molecular complexity index is 870. The molecule has 2 heterocycles. The van der Waals surface area contributed by atoms with Crippen LogP contribution in [0.25, 0.3) is 0 Å². The van der Waals surface area contributed by atoms with E-state index in [0.717, 1.165) is 25.1 Å². The minimum absolute atomic E-state index is 0.171. The average Bonchev–Trinajstić information content (AvgIpc) is 2.76. The predicted molar refractivity (Wildman–Crippen MR) is 116 cm³/mol. The molecule has 0 unspecified atom stereocenters. The molecule has 0 saturated carbocycles. The fourth-order valence-electron chi connectivity index (χ4n) is 2.81. The summed E-state index contributed by atoms with van der Waals surface area (Å²) in [5.41, 5.74) is 13.5. The molecule has 0 amide bonds. The molecule has 1 aromatic heterocycles. The molecule has 0 aromatic carbocycles. The van der Waals surface area contributed by atoms with Crippen LogP contribution in [0.3, 0.4) is 0 Å². The van der Waals surface area contributed by atoms with Crippen LogP contribution in [0.5, 0.6) is 0 Å². The number of aliphatic imine (C=N–C) groups is 1. The summed E-state index contributed by atoms with van der Waals surface area (Å²) >= 11 is 0. The second-order valence-electron chi connectivity index (χ2n) is 6.35. The number of allylic oxidation sites excluding steroid dienone is 5. The number of hydrogen-bond acceptors (Lipinski definition) is 7. The number of nitrogens with zero attached hydrogens (tertiary/aromatic N) is 3. The van der Waals surface area contributed by atoms with E-state index in [4.69, 9.17) is 21.6 Å². The Morgan fingerprint density at radius 3 is 2.77 bits per heavy atom. The standard InChI is InChI=1S/C21H26F2N6O/c1-2-3-18(25)17(5-4-15(13-24)14-28-21(22)23)20(26)16-6-7-27-19(12-16)29-8-10-30-11-9-29/h2-3,5-7,12-14,21,26H,1,4,8-11,24-25H2/b15-13?,17-5+,18-3+,26-20?,28-14?. The lowest BCUT2D eigenvalue weighted by Gasteiger charge is -2.28. The zero-order valence-corrected chi connectivity index (χ0v) is 16.6.